The first-order valence-corrected chi connectivity index (χ1v) is 7.11. The van der Waals surface area contributed by atoms with E-state index in [-0.39, 0.29) is 5.54 Å². The zero-order valence-electron chi connectivity index (χ0n) is 11.6. The third-order valence-corrected chi connectivity index (χ3v) is 4.42. The summed E-state index contributed by atoms with van der Waals surface area (Å²) in [6, 6.07) is 3.89. The van der Waals surface area contributed by atoms with Crippen LogP contribution in [0.25, 0.3) is 5.65 Å². The third-order valence-electron chi connectivity index (χ3n) is 4.42. The minimum Gasteiger partial charge on any atom is -0.319 e. The zero-order chi connectivity index (χ0) is 13.5. The van der Waals surface area contributed by atoms with Crippen LogP contribution < -0.4 is 5.73 Å². The van der Waals surface area contributed by atoms with Gasteiger partial charge in [-0.2, -0.15) is 9.61 Å². The standard InChI is InChI=1S/C14H21N5/c1-3-11-6-8-14(15,9-7-11)13-17-16-12-5-4-10(2)18-19(12)13/h4-5,11H,3,6-9,15H2,1-2H3. The van der Waals surface area contributed by atoms with E-state index in [1.165, 1.54) is 19.3 Å². The highest BCUT2D eigenvalue weighted by atomic mass is 15.4. The van der Waals surface area contributed by atoms with Gasteiger partial charge in [-0.15, -0.1) is 10.2 Å². The summed E-state index contributed by atoms with van der Waals surface area (Å²) in [6.45, 7) is 4.23. The smallest absolute Gasteiger partial charge is 0.177 e. The van der Waals surface area contributed by atoms with Crippen molar-refractivity contribution in [2.75, 3.05) is 0 Å². The highest BCUT2D eigenvalue weighted by Crippen LogP contribution is 2.37. The summed E-state index contributed by atoms with van der Waals surface area (Å²) in [5.74, 6) is 1.63. The molecule has 0 aromatic carbocycles. The average Bonchev–Trinajstić information content (AvgIpc) is 2.83. The predicted molar refractivity (Wildman–Crippen MR) is 73.6 cm³/mol. The molecule has 0 unspecified atom stereocenters. The molecule has 2 N–H and O–H groups in total. The van der Waals surface area contributed by atoms with Gasteiger partial charge in [-0.25, -0.2) is 0 Å². The van der Waals surface area contributed by atoms with Gasteiger partial charge < -0.3 is 5.73 Å². The molecular formula is C14H21N5. The number of hydrogen-bond donors (Lipinski definition) is 1. The summed E-state index contributed by atoms with van der Waals surface area (Å²) >= 11 is 0. The molecule has 102 valence electrons. The van der Waals surface area contributed by atoms with Gasteiger partial charge in [0, 0.05) is 0 Å². The molecule has 3 rings (SSSR count). The minimum atomic E-state index is -0.369. The number of nitrogens with zero attached hydrogens (tertiary/aromatic N) is 4. The third kappa shape index (κ3) is 2.12. The van der Waals surface area contributed by atoms with Gasteiger partial charge in [-0.1, -0.05) is 13.3 Å². The maximum atomic E-state index is 6.59. The van der Waals surface area contributed by atoms with E-state index in [0.29, 0.717) is 0 Å². The van der Waals surface area contributed by atoms with Crippen LogP contribution in [0.1, 0.15) is 50.5 Å². The van der Waals surface area contributed by atoms with Crippen molar-refractivity contribution in [3.63, 3.8) is 0 Å². The molecule has 1 fully saturated rings. The number of fused-ring (bicyclic) bond motifs is 1. The van der Waals surface area contributed by atoms with Crippen LogP contribution in [-0.2, 0) is 5.54 Å². The van der Waals surface area contributed by atoms with Gasteiger partial charge in [0.15, 0.2) is 11.5 Å². The summed E-state index contributed by atoms with van der Waals surface area (Å²) in [5.41, 5.74) is 7.96. The lowest BCUT2D eigenvalue weighted by atomic mass is 9.76. The van der Waals surface area contributed by atoms with Crippen LogP contribution in [0.15, 0.2) is 12.1 Å². The van der Waals surface area contributed by atoms with Gasteiger partial charge in [-0.05, 0) is 50.7 Å². The Morgan fingerprint density at radius 3 is 2.74 bits per heavy atom. The van der Waals surface area contributed by atoms with E-state index in [4.69, 9.17) is 5.73 Å². The van der Waals surface area contributed by atoms with Gasteiger partial charge in [0.25, 0.3) is 0 Å². The van der Waals surface area contributed by atoms with E-state index in [9.17, 15) is 0 Å². The lowest BCUT2D eigenvalue weighted by molar-refractivity contribution is 0.219. The van der Waals surface area contributed by atoms with Gasteiger partial charge in [0.05, 0.1) is 11.2 Å². The first kappa shape index (κ1) is 12.5. The van der Waals surface area contributed by atoms with Crippen molar-refractivity contribution in [1.29, 1.82) is 0 Å². The monoisotopic (exact) mass is 259 g/mol. The topological polar surface area (TPSA) is 69.1 Å². The van der Waals surface area contributed by atoms with Crippen LogP contribution in [0.4, 0.5) is 0 Å². The molecule has 1 saturated carbocycles. The van der Waals surface area contributed by atoms with E-state index in [1.807, 2.05) is 23.6 Å². The van der Waals surface area contributed by atoms with E-state index in [1.54, 1.807) is 0 Å². The van der Waals surface area contributed by atoms with Crippen LogP contribution in [0.3, 0.4) is 0 Å². The number of aromatic nitrogens is 4. The summed E-state index contributed by atoms with van der Waals surface area (Å²) in [5, 5.41) is 13.0. The quantitative estimate of drug-likeness (QED) is 0.897. The molecule has 19 heavy (non-hydrogen) atoms. The normalized spacial score (nSPS) is 27.8. The molecule has 2 aromatic rings. The second-order valence-corrected chi connectivity index (χ2v) is 5.78. The molecule has 2 heterocycles. The summed E-state index contributed by atoms with van der Waals surface area (Å²) < 4.78 is 1.82. The van der Waals surface area contributed by atoms with Crippen LogP contribution in [-0.4, -0.2) is 19.8 Å². The van der Waals surface area contributed by atoms with Crippen LogP contribution >= 0.6 is 0 Å². The Bertz CT molecular complexity index is 581. The van der Waals surface area contributed by atoms with Crippen molar-refractivity contribution < 1.29 is 0 Å². The Morgan fingerprint density at radius 2 is 2.05 bits per heavy atom. The number of nitrogens with two attached hydrogens (primary N) is 1. The molecule has 0 amide bonds. The molecule has 5 heteroatoms. The summed E-state index contributed by atoms with van der Waals surface area (Å²) in [7, 11) is 0. The Hall–Kier alpha value is -1.49. The largest absolute Gasteiger partial charge is 0.319 e. The van der Waals surface area contributed by atoms with E-state index >= 15 is 0 Å². The molecule has 5 nitrogen and oxygen atoms in total. The molecule has 0 atom stereocenters. The Balaban J connectivity index is 1.97. The lowest BCUT2D eigenvalue weighted by Gasteiger charge is -2.35. The molecule has 0 saturated heterocycles. The highest BCUT2D eigenvalue weighted by molar-refractivity contribution is 5.37. The molecule has 1 aliphatic rings. The molecule has 0 radical (unpaired) electrons. The van der Waals surface area contributed by atoms with Crippen LogP contribution in [0.2, 0.25) is 0 Å². The van der Waals surface area contributed by atoms with Gasteiger partial charge >= 0.3 is 0 Å². The number of hydrogen-bond acceptors (Lipinski definition) is 4. The van der Waals surface area contributed by atoms with E-state index in [0.717, 1.165) is 35.9 Å². The fourth-order valence-corrected chi connectivity index (χ4v) is 3.02. The van der Waals surface area contributed by atoms with Gasteiger partial charge in [-0.3, -0.25) is 0 Å². The molecule has 0 spiro atoms. The molecule has 1 aliphatic carbocycles. The molecule has 2 aromatic heterocycles. The molecule has 0 bridgehead atoms. The Morgan fingerprint density at radius 1 is 1.32 bits per heavy atom. The zero-order valence-corrected chi connectivity index (χ0v) is 11.6. The highest BCUT2D eigenvalue weighted by Gasteiger charge is 2.37. The van der Waals surface area contributed by atoms with Crippen molar-refractivity contribution in [2.24, 2.45) is 11.7 Å². The molecule has 0 aliphatic heterocycles. The average molecular weight is 259 g/mol. The minimum absolute atomic E-state index is 0.369. The Kier molecular flexibility index (Phi) is 3.01. The first-order chi connectivity index (χ1) is 9.12. The van der Waals surface area contributed by atoms with Crippen molar-refractivity contribution in [2.45, 2.75) is 51.5 Å². The predicted octanol–water partition coefficient (Wildman–Crippen LogP) is 2.19. The van der Waals surface area contributed by atoms with Gasteiger partial charge in [0.1, 0.15) is 0 Å². The van der Waals surface area contributed by atoms with Crippen molar-refractivity contribution in [3.05, 3.63) is 23.7 Å². The van der Waals surface area contributed by atoms with Crippen LogP contribution in [0, 0.1) is 12.8 Å². The first-order valence-electron chi connectivity index (χ1n) is 7.11. The van der Waals surface area contributed by atoms with Gasteiger partial charge in [0.2, 0.25) is 0 Å². The fourth-order valence-electron chi connectivity index (χ4n) is 3.02. The molecular weight excluding hydrogens is 238 g/mol. The summed E-state index contributed by atoms with van der Waals surface area (Å²) in [6.07, 6.45) is 5.54. The fraction of sp³-hybridized carbons (Fsp3) is 0.643. The number of aryl methyl sites for hydroxylation is 1. The van der Waals surface area contributed by atoms with Crippen molar-refractivity contribution in [3.8, 4) is 0 Å². The van der Waals surface area contributed by atoms with Crippen molar-refractivity contribution in [1.82, 2.24) is 19.8 Å². The van der Waals surface area contributed by atoms with E-state index < -0.39 is 0 Å². The lowest BCUT2D eigenvalue weighted by Crippen LogP contribution is -2.42. The van der Waals surface area contributed by atoms with Crippen molar-refractivity contribution >= 4 is 5.65 Å². The summed E-state index contributed by atoms with van der Waals surface area (Å²) in [4.78, 5) is 0. The second-order valence-electron chi connectivity index (χ2n) is 5.78. The van der Waals surface area contributed by atoms with Crippen LogP contribution in [0.5, 0.6) is 0 Å². The Labute approximate surface area is 113 Å². The van der Waals surface area contributed by atoms with E-state index in [2.05, 4.69) is 22.2 Å². The number of rotatable bonds is 2. The second kappa shape index (κ2) is 4.56. The maximum Gasteiger partial charge on any atom is 0.177 e. The SMILES string of the molecule is CCC1CCC(N)(c2nnc3ccc(C)nn23)CC1. The maximum absolute atomic E-state index is 6.59.